The lowest BCUT2D eigenvalue weighted by molar-refractivity contribution is -0.120. The van der Waals surface area contributed by atoms with E-state index in [-0.39, 0.29) is 22.5 Å². The Bertz CT molecular complexity index is 466. The average Bonchev–Trinajstić information content (AvgIpc) is 2.69. The molecule has 1 aliphatic rings. The van der Waals surface area contributed by atoms with E-state index in [0.29, 0.717) is 12.3 Å². The lowest BCUT2D eigenvalue weighted by Crippen LogP contribution is -2.11. The fraction of sp³-hybridized carbons (Fsp3) is 0.643. The number of carbonyl (C=O) groups is 1. The van der Waals surface area contributed by atoms with E-state index >= 15 is 0 Å². The van der Waals surface area contributed by atoms with E-state index in [1.165, 1.54) is 6.33 Å². The number of ether oxygens (including phenoxy) is 1. The first-order valence-electron chi connectivity index (χ1n) is 6.18. The van der Waals surface area contributed by atoms with Crippen LogP contribution in [0.4, 0.5) is 0 Å². The van der Waals surface area contributed by atoms with Crippen molar-refractivity contribution in [1.82, 2.24) is 9.97 Å². The van der Waals surface area contributed by atoms with Crippen LogP contribution in [-0.4, -0.2) is 22.9 Å². The van der Waals surface area contributed by atoms with E-state index in [4.69, 9.17) is 4.74 Å². The van der Waals surface area contributed by atoms with Crippen molar-refractivity contribution >= 4 is 5.78 Å². The standard InChI is InChI=1S/C14H20N2O2/c1-13(2)12(14(13,3)4)10(17)6-9-7-11(18-5)16-8-15-9/h7-8,12H,6H2,1-5H3. The molecule has 1 aromatic rings. The van der Waals surface area contributed by atoms with Crippen LogP contribution in [0.1, 0.15) is 33.4 Å². The minimum atomic E-state index is 0.0845. The van der Waals surface area contributed by atoms with Crippen LogP contribution in [0.3, 0.4) is 0 Å². The maximum absolute atomic E-state index is 12.3. The predicted octanol–water partition coefficient (Wildman–Crippen LogP) is 2.28. The molecule has 0 aromatic carbocycles. The number of hydrogen-bond donors (Lipinski definition) is 0. The van der Waals surface area contributed by atoms with Crippen LogP contribution in [0, 0.1) is 16.7 Å². The molecule has 4 nitrogen and oxygen atoms in total. The zero-order chi connectivity index (χ0) is 13.6. The zero-order valence-electron chi connectivity index (χ0n) is 11.7. The Morgan fingerprint density at radius 2 is 1.89 bits per heavy atom. The van der Waals surface area contributed by atoms with Crippen molar-refractivity contribution in [2.75, 3.05) is 7.11 Å². The first kappa shape index (κ1) is 13.0. The minimum absolute atomic E-state index is 0.0845. The van der Waals surface area contributed by atoms with Crippen molar-refractivity contribution in [1.29, 1.82) is 0 Å². The van der Waals surface area contributed by atoms with Gasteiger partial charge in [0.05, 0.1) is 12.8 Å². The molecule has 0 N–H and O–H groups in total. The molecule has 0 unspecified atom stereocenters. The molecule has 98 valence electrons. The molecule has 1 aromatic heterocycles. The Balaban J connectivity index is 2.09. The van der Waals surface area contributed by atoms with Crippen molar-refractivity contribution in [3.05, 3.63) is 18.1 Å². The molecular weight excluding hydrogens is 228 g/mol. The number of nitrogens with zero attached hydrogens (tertiary/aromatic N) is 2. The van der Waals surface area contributed by atoms with Gasteiger partial charge in [-0.25, -0.2) is 9.97 Å². The van der Waals surface area contributed by atoms with Gasteiger partial charge in [0.15, 0.2) is 0 Å². The van der Waals surface area contributed by atoms with Crippen LogP contribution in [0.15, 0.2) is 12.4 Å². The van der Waals surface area contributed by atoms with Gasteiger partial charge in [0.2, 0.25) is 5.88 Å². The predicted molar refractivity (Wildman–Crippen MR) is 68.3 cm³/mol. The fourth-order valence-corrected chi connectivity index (χ4v) is 2.87. The monoisotopic (exact) mass is 248 g/mol. The maximum atomic E-state index is 12.3. The Labute approximate surface area is 108 Å². The van der Waals surface area contributed by atoms with Crippen LogP contribution < -0.4 is 4.74 Å². The van der Waals surface area contributed by atoms with Crippen molar-refractivity contribution < 1.29 is 9.53 Å². The van der Waals surface area contributed by atoms with Crippen LogP contribution >= 0.6 is 0 Å². The van der Waals surface area contributed by atoms with E-state index in [2.05, 4.69) is 37.7 Å². The molecule has 2 rings (SSSR count). The summed E-state index contributed by atoms with van der Waals surface area (Å²) in [5.74, 6) is 0.874. The topological polar surface area (TPSA) is 52.1 Å². The first-order chi connectivity index (χ1) is 8.30. The van der Waals surface area contributed by atoms with Gasteiger partial charge in [-0.3, -0.25) is 4.79 Å². The molecule has 0 bridgehead atoms. The zero-order valence-corrected chi connectivity index (χ0v) is 11.7. The summed E-state index contributed by atoms with van der Waals surface area (Å²) in [6.45, 7) is 8.60. The summed E-state index contributed by atoms with van der Waals surface area (Å²) in [5.41, 5.74) is 0.896. The van der Waals surface area contributed by atoms with Gasteiger partial charge in [0.25, 0.3) is 0 Å². The molecule has 1 saturated carbocycles. The smallest absolute Gasteiger partial charge is 0.216 e. The van der Waals surface area contributed by atoms with E-state index in [0.717, 1.165) is 5.69 Å². The minimum Gasteiger partial charge on any atom is -0.481 e. The molecule has 1 fully saturated rings. The molecule has 0 amide bonds. The molecule has 0 atom stereocenters. The third-order valence-corrected chi connectivity index (χ3v) is 4.61. The van der Waals surface area contributed by atoms with Crippen LogP contribution in [0.2, 0.25) is 0 Å². The number of rotatable bonds is 4. The third-order valence-electron chi connectivity index (χ3n) is 4.61. The Hall–Kier alpha value is -1.45. The summed E-state index contributed by atoms with van der Waals surface area (Å²) in [6.07, 6.45) is 1.79. The maximum Gasteiger partial charge on any atom is 0.216 e. The highest BCUT2D eigenvalue weighted by molar-refractivity contribution is 5.87. The number of methoxy groups -OCH3 is 1. The van der Waals surface area contributed by atoms with Gasteiger partial charge in [0.1, 0.15) is 12.1 Å². The van der Waals surface area contributed by atoms with E-state index in [1.54, 1.807) is 13.2 Å². The fourth-order valence-electron chi connectivity index (χ4n) is 2.87. The molecule has 0 saturated heterocycles. The van der Waals surface area contributed by atoms with E-state index < -0.39 is 0 Å². The van der Waals surface area contributed by atoms with Gasteiger partial charge < -0.3 is 4.74 Å². The molecule has 1 aliphatic carbocycles. The third kappa shape index (κ3) is 1.89. The van der Waals surface area contributed by atoms with Gasteiger partial charge in [-0.2, -0.15) is 0 Å². The van der Waals surface area contributed by atoms with Gasteiger partial charge in [-0.15, -0.1) is 0 Å². The second-order valence-electron chi connectivity index (χ2n) is 6.07. The summed E-state index contributed by atoms with van der Waals surface area (Å²) in [4.78, 5) is 20.4. The van der Waals surface area contributed by atoms with Crippen LogP contribution in [-0.2, 0) is 11.2 Å². The van der Waals surface area contributed by atoms with Crippen molar-refractivity contribution in [3.63, 3.8) is 0 Å². The number of hydrogen-bond acceptors (Lipinski definition) is 4. The van der Waals surface area contributed by atoms with E-state index in [1.807, 2.05) is 0 Å². The normalized spacial score (nSPS) is 20.5. The molecule has 18 heavy (non-hydrogen) atoms. The highest BCUT2D eigenvalue weighted by Crippen LogP contribution is 2.68. The number of aromatic nitrogens is 2. The number of Topliss-reactive ketones (excluding diaryl/α,β-unsaturated/α-hetero) is 1. The summed E-state index contributed by atoms with van der Waals surface area (Å²) in [5, 5.41) is 0. The van der Waals surface area contributed by atoms with Crippen LogP contribution in [0.25, 0.3) is 0 Å². The molecular formula is C14H20N2O2. The van der Waals surface area contributed by atoms with Crippen molar-refractivity contribution in [2.24, 2.45) is 16.7 Å². The Morgan fingerprint density at radius 3 is 2.39 bits per heavy atom. The molecule has 0 radical (unpaired) electrons. The second-order valence-corrected chi connectivity index (χ2v) is 6.07. The molecule has 0 spiro atoms. The molecule has 4 heteroatoms. The van der Waals surface area contributed by atoms with Crippen molar-refractivity contribution in [3.8, 4) is 5.88 Å². The summed E-state index contributed by atoms with van der Waals surface area (Å²) < 4.78 is 5.03. The Morgan fingerprint density at radius 1 is 1.28 bits per heavy atom. The number of carbonyl (C=O) groups excluding carboxylic acids is 1. The van der Waals surface area contributed by atoms with Gasteiger partial charge in [-0.05, 0) is 10.8 Å². The average molecular weight is 248 g/mol. The highest BCUT2D eigenvalue weighted by Gasteiger charge is 2.67. The van der Waals surface area contributed by atoms with Gasteiger partial charge in [-0.1, -0.05) is 27.7 Å². The lowest BCUT2D eigenvalue weighted by atomic mass is 10.0. The van der Waals surface area contributed by atoms with Crippen LogP contribution in [0.5, 0.6) is 5.88 Å². The highest BCUT2D eigenvalue weighted by atomic mass is 16.5. The summed E-state index contributed by atoms with van der Waals surface area (Å²) in [6, 6.07) is 1.72. The van der Waals surface area contributed by atoms with Crippen molar-refractivity contribution in [2.45, 2.75) is 34.1 Å². The SMILES string of the molecule is COc1cc(CC(=O)C2C(C)(C)C2(C)C)ncn1. The molecule has 1 heterocycles. The Kier molecular flexibility index (Phi) is 2.92. The second kappa shape index (κ2) is 4.04. The lowest BCUT2D eigenvalue weighted by Gasteiger charge is -2.03. The largest absolute Gasteiger partial charge is 0.481 e. The first-order valence-corrected chi connectivity index (χ1v) is 6.18. The molecule has 0 aliphatic heterocycles. The quantitative estimate of drug-likeness (QED) is 0.820. The number of ketones is 1. The summed E-state index contributed by atoms with van der Waals surface area (Å²) in [7, 11) is 1.56. The van der Waals surface area contributed by atoms with E-state index in [9.17, 15) is 4.79 Å². The van der Waals surface area contributed by atoms with Gasteiger partial charge >= 0.3 is 0 Å². The summed E-state index contributed by atoms with van der Waals surface area (Å²) >= 11 is 0. The van der Waals surface area contributed by atoms with Gasteiger partial charge in [0, 0.05) is 18.4 Å².